The predicted octanol–water partition coefficient (Wildman–Crippen LogP) is 5.28. The molecule has 4 rings (SSSR count). The lowest BCUT2D eigenvalue weighted by Crippen LogP contribution is -2.31. The van der Waals surface area contributed by atoms with Gasteiger partial charge in [0.15, 0.2) is 0 Å². The number of nitrogens with zero attached hydrogens (tertiary/aromatic N) is 1. The van der Waals surface area contributed by atoms with Crippen molar-refractivity contribution in [2.75, 3.05) is 19.6 Å². The molecule has 2 nitrogen and oxygen atoms in total. The number of alkyl halides is 3. The number of rotatable bonds is 6. The van der Waals surface area contributed by atoms with E-state index < -0.39 is 6.36 Å². The standard InChI is InChI=1S/C21H28F3NO/c22-21(23,24)26-17-8-4-7-15(11-17)9-10-18-19-13-25(14-20(18)19)12-16-5-2-1-3-6-16/h4,7-8,11,16,18-20H,1-3,5-6,9-10,12-14H2. The largest absolute Gasteiger partial charge is 0.573 e. The molecule has 2 unspecified atom stereocenters. The fourth-order valence-electron chi connectivity index (χ4n) is 5.28. The first-order chi connectivity index (χ1) is 12.5. The van der Waals surface area contributed by atoms with E-state index in [0.717, 1.165) is 42.1 Å². The Morgan fingerprint density at radius 1 is 1.04 bits per heavy atom. The summed E-state index contributed by atoms with van der Waals surface area (Å²) in [5, 5.41) is 0. The summed E-state index contributed by atoms with van der Waals surface area (Å²) in [6.45, 7) is 3.77. The topological polar surface area (TPSA) is 12.5 Å². The lowest BCUT2D eigenvalue weighted by Gasteiger charge is -2.28. The third-order valence-electron chi connectivity index (χ3n) is 6.59. The molecule has 1 aromatic rings. The van der Waals surface area contributed by atoms with Crippen LogP contribution in [0.1, 0.15) is 44.1 Å². The normalized spacial score (nSPS) is 29.6. The Balaban J connectivity index is 1.20. The van der Waals surface area contributed by atoms with E-state index in [4.69, 9.17) is 0 Å². The van der Waals surface area contributed by atoms with E-state index in [1.54, 1.807) is 6.07 Å². The molecule has 0 radical (unpaired) electrons. The molecule has 3 aliphatic rings. The first-order valence-corrected chi connectivity index (χ1v) is 10.0. The lowest BCUT2D eigenvalue weighted by atomic mass is 9.89. The monoisotopic (exact) mass is 367 g/mol. The number of halogens is 3. The first-order valence-electron chi connectivity index (χ1n) is 10.0. The highest BCUT2D eigenvalue weighted by Crippen LogP contribution is 2.54. The Kier molecular flexibility index (Phi) is 5.18. The van der Waals surface area contributed by atoms with E-state index in [2.05, 4.69) is 9.64 Å². The van der Waals surface area contributed by atoms with E-state index in [1.165, 1.54) is 63.9 Å². The van der Waals surface area contributed by atoms with Crippen LogP contribution in [0.3, 0.4) is 0 Å². The maximum atomic E-state index is 12.3. The van der Waals surface area contributed by atoms with E-state index in [-0.39, 0.29) is 5.75 Å². The van der Waals surface area contributed by atoms with Crippen LogP contribution in [-0.2, 0) is 6.42 Å². The number of likely N-dealkylation sites (tertiary alicyclic amines) is 1. The Hall–Kier alpha value is -1.23. The molecule has 0 aromatic heterocycles. The average molecular weight is 367 g/mol. The molecule has 0 spiro atoms. The quantitative estimate of drug-likeness (QED) is 0.679. The van der Waals surface area contributed by atoms with Gasteiger partial charge in [-0.3, -0.25) is 0 Å². The van der Waals surface area contributed by atoms with Crippen LogP contribution in [0.4, 0.5) is 13.2 Å². The van der Waals surface area contributed by atoms with Gasteiger partial charge in [-0.05, 0) is 67.1 Å². The fraction of sp³-hybridized carbons (Fsp3) is 0.714. The average Bonchev–Trinajstić information content (AvgIpc) is 3.04. The summed E-state index contributed by atoms with van der Waals surface area (Å²) in [5.74, 6) is 3.23. The van der Waals surface area contributed by atoms with Gasteiger partial charge in [0.1, 0.15) is 5.75 Å². The van der Waals surface area contributed by atoms with Gasteiger partial charge in [0, 0.05) is 19.6 Å². The second-order valence-electron chi connectivity index (χ2n) is 8.45. The van der Waals surface area contributed by atoms with Crippen molar-refractivity contribution < 1.29 is 17.9 Å². The number of hydrogen-bond donors (Lipinski definition) is 0. The van der Waals surface area contributed by atoms with Crippen LogP contribution in [0.15, 0.2) is 24.3 Å². The van der Waals surface area contributed by atoms with Crippen LogP contribution in [0, 0.1) is 23.7 Å². The van der Waals surface area contributed by atoms with Gasteiger partial charge in [-0.15, -0.1) is 13.2 Å². The second-order valence-corrected chi connectivity index (χ2v) is 8.45. The maximum Gasteiger partial charge on any atom is 0.573 e. The SMILES string of the molecule is FC(F)(F)Oc1cccc(CCC2C3CN(CC4CCCCC4)CC23)c1. The lowest BCUT2D eigenvalue weighted by molar-refractivity contribution is -0.274. The van der Waals surface area contributed by atoms with Crippen LogP contribution in [-0.4, -0.2) is 30.9 Å². The molecule has 0 bridgehead atoms. The third-order valence-corrected chi connectivity index (χ3v) is 6.59. The molecular formula is C21H28F3NO. The number of piperidine rings is 1. The number of fused-ring (bicyclic) bond motifs is 1. The van der Waals surface area contributed by atoms with Gasteiger partial charge in [0.05, 0.1) is 0 Å². The van der Waals surface area contributed by atoms with Crippen LogP contribution in [0.5, 0.6) is 5.75 Å². The summed E-state index contributed by atoms with van der Waals surface area (Å²) >= 11 is 0. The van der Waals surface area contributed by atoms with Crippen LogP contribution < -0.4 is 4.74 Å². The molecule has 3 fully saturated rings. The Bertz CT molecular complexity index is 600. The van der Waals surface area contributed by atoms with Crippen LogP contribution in [0.25, 0.3) is 0 Å². The third kappa shape index (κ3) is 4.54. The van der Waals surface area contributed by atoms with Gasteiger partial charge < -0.3 is 9.64 Å². The highest BCUT2D eigenvalue weighted by molar-refractivity contribution is 5.29. The summed E-state index contributed by atoms with van der Waals surface area (Å²) in [4.78, 5) is 2.67. The smallest absolute Gasteiger partial charge is 0.406 e. The number of benzene rings is 1. The van der Waals surface area contributed by atoms with Crippen LogP contribution >= 0.6 is 0 Å². The van der Waals surface area contributed by atoms with Gasteiger partial charge in [-0.25, -0.2) is 0 Å². The minimum Gasteiger partial charge on any atom is -0.406 e. The molecule has 0 amide bonds. The van der Waals surface area contributed by atoms with Crippen molar-refractivity contribution in [3.05, 3.63) is 29.8 Å². The highest BCUT2D eigenvalue weighted by Gasteiger charge is 2.54. The van der Waals surface area contributed by atoms with Crippen molar-refractivity contribution in [1.82, 2.24) is 4.90 Å². The zero-order valence-corrected chi connectivity index (χ0v) is 15.2. The fourth-order valence-corrected chi connectivity index (χ4v) is 5.28. The van der Waals surface area contributed by atoms with Crippen molar-refractivity contribution in [3.63, 3.8) is 0 Å². The number of hydrogen-bond acceptors (Lipinski definition) is 2. The molecule has 2 aliphatic carbocycles. The number of ether oxygens (including phenoxy) is 1. The van der Waals surface area contributed by atoms with Gasteiger partial charge in [0.25, 0.3) is 0 Å². The van der Waals surface area contributed by atoms with Gasteiger partial charge >= 0.3 is 6.36 Å². The molecule has 2 saturated carbocycles. The summed E-state index contributed by atoms with van der Waals surface area (Å²) in [6.07, 6.45) is 4.36. The van der Waals surface area contributed by atoms with Crippen molar-refractivity contribution in [2.24, 2.45) is 23.7 Å². The number of aryl methyl sites for hydroxylation is 1. The Labute approximate surface area is 153 Å². The molecule has 144 valence electrons. The van der Waals surface area contributed by atoms with Crippen LogP contribution in [0.2, 0.25) is 0 Å². The molecule has 0 N–H and O–H groups in total. The molecule has 1 saturated heterocycles. The first kappa shape index (κ1) is 18.1. The molecule has 1 aliphatic heterocycles. The van der Waals surface area contributed by atoms with Gasteiger partial charge in [-0.1, -0.05) is 31.4 Å². The van der Waals surface area contributed by atoms with E-state index in [1.807, 2.05) is 6.07 Å². The Morgan fingerprint density at radius 3 is 2.46 bits per heavy atom. The van der Waals surface area contributed by atoms with E-state index in [0.29, 0.717) is 0 Å². The van der Waals surface area contributed by atoms with Crippen molar-refractivity contribution in [1.29, 1.82) is 0 Å². The van der Waals surface area contributed by atoms with Crippen molar-refractivity contribution >= 4 is 0 Å². The summed E-state index contributed by atoms with van der Waals surface area (Å²) in [5.41, 5.74) is 0.941. The molecule has 2 atom stereocenters. The van der Waals surface area contributed by atoms with E-state index in [9.17, 15) is 13.2 Å². The minimum atomic E-state index is -4.62. The highest BCUT2D eigenvalue weighted by atomic mass is 19.4. The molecule has 1 heterocycles. The summed E-state index contributed by atoms with van der Waals surface area (Å²) < 4.78 is 41.0. The summed E-state index contributed by atoms with van der Waals surface area (Å²) in [7, 11) is 0. The van der Waals surface area contributed by atoms with Crippen molar-refractivity contribution in [3.8, 4) is 5.75 Å². The Morgan fingerprint density at radius 2 is 1.77 bits per heavy atom. The zero-order chi connectivity index (χ0) is 18.1. The maximum absolute atomic E-state index is 12.3. The summed E-state index contributed by atoms with van der Waals surface area (Å²) in [6, 6.07) is 6.44. The molecule has 26 heavy (non-hydrogen) atoms. The van der Waals surface area contributed by atoms with Gasteiger partial charge in [0.2, 0.25) is 0 Å². The van der Waals surface area contributed by atoms with Crippen molar-refractivity contribution in [2.45, 2.75) is 51.3 Å². The second kappa shape index (κ2) is 7.41. The predicted molar refractivity (Wildman–Crippen MR) is 94.9 cm³/mol. The zero-order valence-electron chi connectivity index (χ0n) is 15.2. The molecule has 1 aromatic carbocycles. The molecule has 5 heteroatoms. The molecular weight excluding hydrogens is 339 g/mol. The van der Waals surface area contributed by atoms with Gasteiger partial charge in [-0.2, -0.15) is 0 Å². The van der Waals surface area contributed by atoms with E-state index >= 15 is 0 Å². The minimum absolute atomic E-state index is 0.107.